The van der Waals surface area contributed by atoms with Crippen molar-refractivity contribution in [2.45, 2.75) is 13.0 Å². The highest BCUT2D eigenvalue weighted by molar-refractivity contribution is 9.10. The van der Waals surface area contributed by atoms with E-state index in [1.165, 1.54) is 0 Å². The van der Waals surface area contributed by atoms with Gasteiger partial charge < -0.3 is 15.4 Å². The van der Waals surface area contributed by atoms with Crippen LogP contribution in [0.2, 0.25) is 0 Å². The first-order chi connectivity index (χ1) is 10.1. The van der Waals surface area contributed by atoms with Crippen LogP contribution in [-0.2, 0) is 11.3 Å². The Labute approximate surface area is 131 Å². The largest absolute Gasteiger partial charge is 0.491 e. The number of nitrogens with two attached hydrogens (primary N) is 1. The molecule has 4 nitrogen and oxygen atoms in total. The fraction of sp³-hybridized carbons (Fsp3) is 0.188. The van der Waals surface area contributed by atoms with Crippen molar-refractivity contribution in [3.8, 4) is 5.75 Å². The molecule has 2 aromatic carbocycles. The molecule has 108 valence electrons. The molecular formula is C16H15BrN2O2. The number of ether oxygens (including phenoxy) is 1. The summed E-state index contributed by atoms with van der Waals surface area (Å²) in [6.07, 6.45) is 0.376. The summed E-state index contributed by atoms with van der Waals surface area (Å²) in [5.41, 5.74) is 8.37. The van der Waals surface area contributed by atoms with E-state index in [1.54, 1.807) is 4.90 Å². The van der Waals surface area contributed by atoms with Gasteiger partial charge in [0.1, 0.15) is 5.75 Å². The highest BCUT2D eigenvalue weighted by atomic mass is 79.9. The van der Waals surface area contributed by atoms with Crippen LogP contribution in [0.1, 0.15) is 12.0 Å². The highest BCUT2D eigenvalue weighted by Crippen LogP contribution is 2.32. The predicted octanol–water partition coefficient (Wildman–Crippen LogP) is 3.35. The maximum atomic E-state index is 12.3. The lowest BCUT2D eigenvalue weighted by Crippen LogP contribution is -2.29. The fourth-order valence-electron chi connectivity index (χ4n) is 2.37. The summed E-state index contributed by atoms with van der Waals surface area (Å²) in [6.45, 7) is 0.894. The van der Waals surface area contributed by atoms with E-state index in [-0.39, 0.29) is 5.91 Å². The van der Waals surface area contributed by atoms with Gasteiger partial charge in [0.2, 0.25) is 5.91 Å². The number of amides is 1. The third-order valence-corrected chi connectivity index (χ3v) is 4.15. The number of nitrogens with zero attached hydrogens (tertiary/aromatic N) is 1. The molecule has 0 saturated heterocycles. The van der Waals surface area contributed by atoms with Gasteiger partial charge in [0.05, 0.1) is 25.3 Å². The molecule has 2 aromatic rings. The Hall–Kier alpha value is -2.01. The van der Waals surface area contributed by atoms with Gasteiger partial charge in [-0.3, -0.25) is 4.79 Å². The molecular weight excluding hydrogens is 332 g/mol. The topological polar surface area (TPSA) is 55.6 Å². The Morgan fingerprint density at radius 2 is 2.05 bits per heavy atom. The maximum Gasteiger partial charge on any atom is 0.230 e. The van der Waals surface area contributed by atoms with Crippen LogP contribution in [0.15, 0.2) is 46.9 Å². The number of hydrogen-bond acceptors (Lipinski definition) is 3. The average Bonchev–Trinajstić information content (AvgIpc) is 2.63. The van der Waals surface area contributed by atoms with Gasteiger partial charge >= 0.3 is 0 Å². The maximum absolute atomic E-state index is 12.3. The molecule has 0 atom stereocenters. The number of rotatable bonds is 2. The fourth-order valence-corrected chi connectivity index (χ4v) is 2.61. The first-order valence-electron chi connectivity index (χ1n) is 6.71. The van der Waals surface area contributed by atoms with E-state index >= 15 is 0 Å². The number of nitrogen functional groups attached to an aromatic ring is 1. The summed E-state index contributed by atoms with van der Waals surface area (Å²) in [6, 6.07) is 13.3. The lowest BCUT2D eigenvalue weighted by Gasteiger charge is -2.22. The minimum Gasteiger partial charge on any atom is -0.491 e. The zero-order valence-corrected chi connectivity index (χ0v) is 13.0. The number of para-hydroxylation sites is 2. The van der Waals surface area contributed by atoms with Crippen molar-refractivity contribution in [2.75, 3.05) is 17.2 Å². The minimum absolute atomic E-state index is 0.0569. The van der Waals surface area contributed by atoms with Gasteiger partial charge in [-0.1, -0.05) is 18.2 Å². The van der Waals surface area contributed by atoms with Crippen LogP contribution >= 0.6 is 15.9 Å². The lowest BCUT2D eigenvalue weighted by molar-refractivity contribution is -0.118. The SMILES string of the molecule is Nc1cc(CN2C(=O)CCOc3ccccc32)ccc1Br. The number of anilines is 2. The molecule has 0 spiro atoms. The predicted molar refractivity (Wildman–Crippen MR) is 86.3 cm³/mol. The molecule has 0 radical (unpaired) electrons. The number of hydrogen-bond donors (Lipinski definition) is 1. The standard InChI is InChI=1S/C16H15BrN2O2/c17-12-6-5-11(9-13(12)18)10-19-14-3-1-2-4-15(14)21-8-7-16(19)20/h1-6,9H,7-8,10,18H2. The van der Waals surface area contributed by atoms with E-state index < -0.39 is 0 Å². The first-order valence-corrected chi connectivity index (χ1v) is 7.50. The minimum atomic E-state index is 0.0569. The molecule has 1 aliphatic heterocycles. The van der Waals surface area contributed by atoms with Crippen LogP contribution in [0, 0.1) is 0 Å². The van der Waals surface area contributed by atoms with Crippen molar-refractivity contribution in [1.82, 2.24) is 0 Å². The molecule has 0 unspecified atom stereocenters. The Bertz CT molecular complexity index is 688. The van der Waals surface area contributed by atoms with Crippen molar-refractivity contribution in [3.63, 3.8) is 0 Å². The summed E-state index contributed by atoms with van der Waals surface area (Å²) in [7, 11) is 0. The van der Waals surface area contributed by atoms with Crippen molar-refractivity contribution in [2.24, 2.45) is 0 Å². The molecule has 1 heterocycles. The highest BCUT2D eigenvalue weighted by Gasteiger charge is 2.23. The second kappa shape index (κ2) is 5.77. The summed E-state index contributed by atoms with van der Waals surface area (Å²) < 4.78 is 6.49. The van der Waals surface area contributed by atoms with E-state index in [0.717, 1.165) is 21.5 Å². The Kier molecular flexibility index (Phi) is 3.84. The average molecular weight is 347 g/mol. The van der Waals surface area contributed by atoms with Gasteiger partial charge in [-0.2, -0.15) is 0 Å². The molecule has 0 saturated carbocycles. The number of fused-ring (bicyclic) bond motifs is 1. The summed E-state index contributed by atoms with van der Waals surface area (Å²) in [5, 5.41) is 0. The second-order valence-electron chi connectivity index (χ2n) is 4.90. The van der Waals surface area contributed by atoms with Gasteiger partial charge in [0.25, 0.3) is 0 Å². The summed E-state index contributed by atoms with van der Waals surface area (Å²) in [5.74, 6) is 0.801. The molecule has 3 rings (SSSR count). The van der Waals surface area contributed by atoms with Crippen LogP contribution in [0.3, 0.4) is 0 Å². The van der Waals surface area contributed by atoms with Gasteiger partial charge in [0.15, 0.2) is 0 Å². The van der Waals surface area contributed by atoms with Crippen LogP contribution in [0.5, 0.6) is 5.75 Å². The first kappa shape index (κ1) is 13.9. The Morgan fingerprint density at radius 3 is 2.86 bits per heavy atom. The molecule has 0 aliphatic carbocycles. The lowest BCUT2D eigenvalue weighted by atomic mass is 10.1. The van der Waals surface area contributed by atoms with Crippen molar-refractivity contribution in [1.29, 1.82) is 0 Å². The van der Waals surface area contributed by atoms with Gasteiger partial charge in [-0.25, -0.2) is 0 Å². The molecule has 21 heavy (non-hydrogen) atoms. The van der Waals surface area contributed by atoms with E-state index in [9.17, 15) is 4.79 Å². The number of halogens is 1. The van der Waals surface area contributed by atoms with Crippen LogP contribution in [0.4, 0.5) is 11.4 Å². The van der Waals surface area contributed by atoms with Crippen molar-refractivity contribution in [3.05, 3.63) is 52.5 Å². The second-order valence-corrected chi connectivity index (χ2v) is 5.76. The third kappa shape index (κ3) is 2.88. The molecule has 0 bridgehead atoms. The van der Waals surface area contributed by atoms with Gasteiger partial charge in [0, 0.05) is 10.2 Å². The van der Waals surface area contributed by atoms with Crippen molar-refractivity contribution >= 4 is 33.2 Å². The number of carbonyl (C=O) groups is 1. The van der Waals surface area contributed by atoms with Crippen LogP contribution < -0.4 is 15.4 Å². The number of benzene rings is 2. The van der Waals surface area contributed by atoms with Gasteiger partial charge in [-0.15, -0.1) is 0 Å². The summed E-state index contributed by atoms with van der Waals surface area (Å²) >= 11 is 3.38. The quantitative estimate of drug-likeness (QED) is 0.848. The third-order valence-electron chi connectivity index (χ3n) is 3.43. The molecule has 0 fully saturated rings. The molecule has 5 heteroatoms. The number of carbonyl (C=O) groups excluding carboxylic acids is 1. The smallest absolute Gasteiger partial charge is 0.230 e. The van der Waals surface area contributed by atoms with Crippen LogP contribution in [0.25, 0.3) is 0 Å². The molecule has 1 amide bonds. The van der Waals surface area contributed by atoms with E-state index in [0.29, 0.717) is 25.3 Å². The van der Waals surface area contributed by atoms with E-state index in [1.807, 2.05) is 42.5 Å². The van der Waals surface area contributed by atoms with Crippen molar-refractivity contribution < 1.29 is 9.53 Å². The zero-order valence-electron chi connectivity index (χ0n) is 11.4. The van der Waals surface area contributed by atoms with E-state index in [4.69, 9.17) is 10.5 Å². The van der Waals surface area contributed by atoms with E-state index in [2.05, 4.69) is 15.9 Å². The Morgan fingerprint density at radius 1 is 1.24 bits per heavy atom. The molecule has 2 N–H and O–H groups in total. The van der Waals surface area contributed by atoms with Crippen LogP contribution in [-0.4, -0.2) is 12.5 Å². The normalized spacial score (nSPS) is 14.3. The summed E-state index contributed by atoms with van der Waals surface area (Å²) in [4.78, 5) is 14.1. The monoisotopic (exact) mass is 346 g/mol. The zero-order chi connectivity index (χ0) is 14.8. The molecule has 0 aromatic heterocycles. The Balaban J connectivity index is 1.95. The van der Waals surface area contributed by atoms with Gasteiger partial charge in [-0.05, 0) is 45.8 Å². The molecule has 1 aliphatic rings.